The minimum Gasteiger partial charge on any atom is -0.437 e. The molecule has 4 heterocycles. The number of aromatic nitrogens is 2. The Bertz CT molecular complexity index is 1300. The number of nitrogens with one attached hydrogen (secondary N) is 1. The minimum atomic E-state index is -4.57. The van der Waals surface area contributed by atoms with Gasteiger partial charge in [0.25, 0.3) is 0 Å². The average molecular weight is 591 g/mol. The summed E-state index contributed by atoms with van der Waals surface area (Å²) in [7, 11) is 0. The molecule has 1 aromatic carbocycles. The van der Waals surface area contributed by atoms with Gasteiger partial charge >= 0.3 is 6.18 Å². The fourth-order valence-electron chi connectivity index (χ4n) is 5.01. The molecule has 2 saturated heterocycles. The van der Waals surface area contributed by atoms with Gasteiger partial charge < -0.3 is 19.7 Å². The number of benzene rings is 1. The van der Waals surface area contributed by atoms with Crippen LogP contribution in [0.3, 0.4) is 0 Å². The largest absolute Gasteiger partial charge is 0.437 e. The second kappa shape index (κ2) is 12.5. The third kappa shape index (κ3) is 7.48. The lowest BCUT2D eigenvalue weighted by Crippen LogP contribution is -2.49. The Balaban J connectivity index is 1.30. The van der Waals surface area contributed by atoms with E-state index in [0.29, 0.717) is 37.6 Å². The molecule has 0 aliphatic carbocycles. The fourth-order valence-corrected chi connectivity index (χ4v) is 6.06. The van der Waals surface area contributed by atoms with Gasteiger partial charge in [0.1, 0.15) is 16.4 Å². The Morgan fingerprint density at radius 2 is 1.61 bits per heavy atom. The summed E-state index contributed by atoms with van der Waals surface area (Å²) >= 11 is 1.01. The first kappa shape index (κ1) is 29.6. The zero-order valence-corrected chi connectivity index (χ0v) is 24.5. The van der Waals surface area contributed by atoms with Crippen LogP contribution in [0.4, 0.5) is 29.0 Å². The number of alkyl halides is 3. The molecule has 0 spiro atoms. The molecule has 0 unspecified atom stereocenters. The molecular weight excluding hydrogens is 553 g/mol. The van der Waals surface area contributed by atoms with Gasteiger partial charge in [-0.2, -0.15) is 13.2 Å². The summed E-state index contributed by atoms with van der Waals surface area (Å²) in [6.07, 6.45) is -2.98. The summed E-state index contributed by atoms with van der Waals surface area (Å²) in [5, 5.41) is 3.33. The number of anilines is 3. The maximum Gasteiger partial charge on any atom is 0.436 e. The number of rotatable bonds is 8. The molecule has 0 radical (unpaired) electrons. The molecule has 41 heavy (non-hydrogen) atoms. The van der Waals surface area contributed by atoms with Crippen LogP contribution >= 0.6 is 11.3 Å². The van der Waals surface area contributed by atoms with E-state index in [2.05, 4.69) is 45.9 Å². The van der Waals surface area contributed by atoms with Gasteiger partial charge in [0.05, 0.1) is 13.2 Å². The number of morpholine rings is 1. The lowest BCUT2D eigenvalue weighted by Gasteiger charge is -2.37. The van der Waals surface area contributed by atoms with E-state index in [9.17, 15) is 13.2 Å². The molecule has 0 atom stereocenters. The lowest BCUT2D eigenvalue weighted by molar-refractivity contribution is -0.140. The molecule has 8 nitrogen and oxygen atoms in total. The normalized spacial score (nSPS) is 17.6. The van der Waals surface area contributed by atoms with Crippen molar-refractivity contribution in [3.8, 4) is 11.6 Å². The van der Waals surface area contributed by atoms with Crippen molar-refractivity contribution in [2.24, 2.45) is 0 Å². The molecule has 12 heteroatoms. The predicted molar refractivity (Wildman–Crippen MR) is 156 cm³/mol. The van der Waals surface area contributed by atoms with Crippen LogP contribution in [0.1, 0.15) is 32.0 Å². The third-order valence-corrected chi connectivity index (χ3v) is 8.32. The van der Waals surface area contributed by atoms with Crippen molar-refractivity contribution >= 4 is 27.2 Å². The van der Waals surface area contributed by atoms with Gasteiger partial charge in [-0.3, -0.25) is 9.80 Å². The monoisotopic (exact) mass is 590 g/mol. The van der Waals surface area contributed by atoms with Gasteiger partial charge in [0.2, 0.25) is 5.88 Å². The number of piperazine rings is 1. The van der Waals surface area contributed by atoms with Crippen LogP contribution in [0.15, 0.2) is 42.6 Å². The highest BCUT2D eigenvalue weighted by atomic mass is 32.1. The van der Waals surface area contributed by atoms with E-state index < -0.39 is 11.9 Å². The predicted octanol–water partition coefficient (Wildman–Crippen LogP) is 5.84. The highest BCUT2D eigenvalue weighted by molar-refractivity contribution is 7.19. The summed E-state index contributed by atoms with van der Waals surface area (Å²) in [5.74, 6) is 0.910. The molecule has 2 aliphatic rings. The van der Waals surface area contributed by atoms with Crippen LogP contribution in [0.2, 0.25) is 0 Å². The van der Waals surface area contributed by atoms with Crippen LogP contribution in [0, 0.1) is 0 Å². The quantitative estimate of drug-likeness (QED) is 0.351. The Morgan fingerprint density at radius 1 is 0.927 bits per heavy atom. The molecular formula is C29H37F3N6O2S. The van der Waals surface area contributed by atoms with Crippen LogP contribution in [-0.2, 0) is 16.3 Å². The number of hydrogen-bond acceptors (Lipinski definition) is 9. The molecule has 1 N–H and O–H groups in total. The van der Waals surface area contributed by atoms with Crippen LogP contribution in [-0.4, -0.2) is 85.3 Å². The second-order valence-corrected chi connectivity index (χ2v) is 12.3. The molecule has 222 valence electrons. The third-order valence-electron chi connectivity index (χ3n) is 7.29. The van der Waals surface area contributed by atoms with Gasteiger partial charge in [-0.25, -0.2) is 9.97 Å². The van der Waals surface area contributed by atoms with Crippen molar-refractivity contribution in [1.29, 1.82) is 0 Å². The van der Waals surface area contributed by atoms with Crippen molar-refractivity contribution < 1.29 is 22.6 Å². The topological polar surface area (TPSA) is 66.0 Å². The number of hydrogen-bond donors (Lipinski definition) is 1. The van der Waals surface area contributed by atoms with Gasteiger partial charge in [0.15, 0.2) is 10.8 Å². The molecule has 2 fully saturated rings. The zero-order valence-electron chi connectivity index (χ0n) is 23.7. The summed E-state index contributed by atoms with van der Waals surface area (Å²) in [4.78, 5) is 14.9. The average Bonchev–Trinajstić information content (AvgIpc) is 3.38. The highest BCUT2D eigenvalue weighted by Crippen LogP contribution is 2.44. The smallest absolute Gasteiger partial charge is 0.436 e. The van der Waals surface area contributed by atoms with E-state index >= 15 is 0 Å². The summed E-state index contributed by atoms with van der Waals surface area (Å²) in [6.45, 7) is 13.9. The standard InChI is InChI=1S/C29H37F3N6O2S/c1-28(2,3)21-7-4-5-9-23(21)40-25-22(8-6-10-33-25)34-27-35-24(29(30,31)32)26(41-27)38-15-13-36(14-16-38)11-12-37-17-19-39-20-18-37/h4-10H,11-20H2,1-3H3,(H,34,35). The first-order valence-corrected chi connectivity index (χ1v) is 14.7. The highest BCUT2D eigenvalue weighted by Gasteiger charge is 2.40. The zero-order chi connectivity index (χ0) is 29.0. The van der Waals surface area contributed by atoms with Crippen molar-refractivity contribution in [2.75, 3.05) is 75.8 Å². The maximum absolute atomic E-state index is 14.1. The maximum atomic E-state index is 14.1. The number of thiazole rings is 1. The molecule has 5 rings (SSSR count). The van der Waals surface area contributed by atoms with Crippen molar-refractivity contribution in [3.05, 3.63) is 53.9 Å². The van der Waals surface area contributed by atoms with E-state index in [1.54, 1.807) is 23.2 Å². The van der Waals surface area contributed by atoms with E-state index in [1.807, 2.05) is 24.3 Å². The number of pyridine rings is 1. The Kier molecular flexibility index (Phi) is 9.03. The van der Waals surface area contributed by atoms with Gasteiger partial charge in [-0.1, -0.05) is 50.3 Å². The number of ether oxygens (including phenoxy) is 2. The number of para-hydroxylation sites is 1. The van der Waals surface area contributed by atoms with E-state index in [-0.39, 0.29) is 21.4 Å². The van der Waals surface area contributed by atoms with Crippen LogP contribution in [0.5, 0.6) is 11.6 Å². The number of nitrogens with zero attached hydrogens (tertiary/aromatic N) is 5. The molecule has 0 amide bonds. The van der Waals surface area contributed by atoms with Gasteiger partial charge in [-0.15, -0.1) is 0 Å². The van der Waals surface area contributed by atoms with Crippen LogP contribution in [0.25, 0.3) is 0 Å². The number of halogens is 3. The summed E-state index contributed by atoms with van der Waals surface area (Å²) < 4.78 is 53.9. The molecule has 2 aromatic heterocycles. The SMILES string of the molecule is CC(C)(C)c1ccccc1Oc1ncccc1Nc1nc(C(F)(F)F)c(N2CCN(CCN3CCOCC3)CC2)s1. The van der Waals surface area contributed by atoms with Crippen molar-refractivity contribution in [1.82, 2.24) is 19.8 Å². The Morgan fingerprint density at radius 3 is 2.29 bits per heavy atom. The lowest BCUT2D eigenvalue weighted by atomic mass is 9.86. The molecule has 3 aromatic rings. The first-order valence-electron chi connectivity index (χ1n) is 13.9. The van der Waals surface area contributed by atoms with Gasteiger partial charge in [0, 0.05) is 64.1 Å². The molecule has 0 bridgehead atoms. The van der Waals surface area contributed by atoms with E-state index in [4.69, 9.17) is 9.47 Å². The van der Waals surface area contributed by atoms with Gasteiger partial charge in [-0.05, 0) is 23.6 Å². The fraction of sp³-hybridized carbons (Fsp3) is 0.517. The Hall–Kier alpha value is -2.93. The first-order chi connectivity index (χ1) is 19.6. The Labute approximate surface area is 243 Å². The van der Waals surface area contributed by atoms with Crippen molar-refractivity contribution in [3.63, 3.8) is 0 Å². The van der Waals surface area contributed by atoms with Crippen LogP contribution < -0.4 is 15.0 Å². The van der Waals surface area contributed by atoms with Crippen molar-refractivity contribution in [2.45, 2.75) is 32.4 Å². The van der Waals surface area contributed by atoms with E-state index in [1.165, 1.54) is 0 Å². The summed E-state index contributed by atoms with van der Waals surface area (Å²) in [6, 6.07) is 11.1. The minimum absolute atomic E-state index is 0.136. The summed E-state index contributed by atoms with van der Waals surface area (Å²) in [5.41, 5.74) is 0.406. The molecule has 2 aliphatic heterocycles. The molecule has 0 saturated carbocycles. The van der Waals surface area contributed by atoms with E-state index in [0.717, 1.165) is 56.3 Å². The second-order valence-electron chi connectivity index (χ2n) is 11.3.